The molecule has 0 saturated carbocycles. The van der Waals surface area contributed by atoms with Crippen LogP contribution >= 0.6 is 0 Å². The summed E-state index contributed by atoms with van der Waals surface area (Å²) >= 11 is 0. The average Bonchev–Trinajstić information content (AvgIpc) is 3.55. The number of aromatic nitrogens is 4. The first kappa shape index (κ1) is 35.4. The molecule has 1 saturated heterocycles. The minimum absolute atomic E-state index is 0.111. The second kappa shape index (κ2) is 16.1. The topological polar surface area (TPSA) is 122 Å². The fourth-order valence-corrected chi connectivity index (χ4v) is 6.04. The first-order valence-electron chi connectivity index (χ1n) is 17.0. The van der Waals surface area contributed by atoms with Gasteiger partial charge in [-0.25, -0.2) is 14.2 Å². The van der Waals surface area contributed by atoms with Gasteiger partial charge in [-0.15, -0.1) is 0 Å². The van der Waals surface area contributed by atoms with E-state index in [-0.39, 0.29) is 24.1 Å². The van der Waals surface area contributed by atoms with Crippen LogP contribution in [0.2, 0.25) is 0 Å². The highest BCUT2D eigenvalue weighted by atomic mass is 19.1. The van der Waals surface area contributed by atoms with Crippen molar-refractivity contribution >= 4 is 23.5 Å². The van der Waals surface area contributed by atoms with E-state index < -0.39 is 11.9 Å². The molecule has 1 N–H and O–H groups in total. The maximum Gasteiger partial charge on any atom is 0.421 e. The number of rotatable bonds is 12. The van der Waals surface area contributed by atoms with Crippen LogP contribution in [-0.2, 0) is 6.54 Å². The Balaban J connectivity index is 1.18. The molecule has 3 heterocycles. The third kappa shape index (κ3) is 9.24. The first-order chi connectivity index (χ1) is 24.6. The SMILES string of the molecule is Cc1cc(C)c(OC(=O)N(Cc2cccc(-c3noc(C)n3)c2)c2ccnc(Nc3ccc(OCCCN4CCN(C)CC4)c(F)c3)n2)c(C)c1. The summed E-state index contributed by atoms with van der Waals surface area (Å²) in [6.07, 6.45) is 1.71. The van der Waals surface area contributed by atoms with Crippen molar-refractivity contribution in [3.8, 4) is 22.9 Å². The summed E-state index contributed by atoms with van der Waals surface area (Å²) in [5.74, 6) is 1.51. The predicted molar refractivity (Wildman–Crippen MR) is 193 cm³/mol. The number of hydrogen-bond donors (Lipinski definition) is 1. The Kier molecular flexibility index (Phi) is 11.2. The Morgan fingerprint density at radius 3 is 2.49 bits per heavy atom. The molecule has 0 unspecified atom stereocenters. The number of benzene rings is 3. The molecule has 0 bridgehead atoms. The highest BCUT2D eigenvalue weighted by Crippen LogP contribution is 2.28. The molecule has 13 heteroatoms. The van der Waals surface area contributed by atoms with E-state index in [2.05, 4.69) is 42.3 Å². The zero-order valence-electron chi connectivity index (χ0n) is 29.6. The molecule has 1 aliphatic heterocycles. The molecule has 6 rings (SSSR count). The van der Waals surface area contributed by atoms with Crippen LogP contribution in [-0.4, -0.2) is 82.4 Å². The number of aryl methyl sites for hydroxylation is 4. The number of carbonyl (C=O) groups is 1. The normalized spacial score (nSPS) is 13.6. The lowest BCUT2D eigenvalue weighted by Gasteiger charge is -2.32. The number of halogens is 1. The summed E-state index contributed by atoms with van der Waals surface area (Å²) in [5, 5.41) is 7.08. The van der Waals surface area contributed by atoms with Crippen molar-refractivity contribution in [3.63, 3.8) is 0 Å². The minimum atomic E-state index is -0.629. The summed E-state index contributed by atoms with van der Waals surface area (Å²) < 4.78 is 32.0. The number of carbonyl (C=O) groups excluding carboxylic acids is 1. The van der Waals surface area contributed by atoms with Crippen molar-refractivity contribution in [2.45, 2.75) is 40.7 Å². The summed E-state index contributed by atoms with van der Waals surface area (Å²) in [6, 6.07) is 17.7. The molecule has 0 radical (unpaired) electrons. The number of amides is 1. The Morgan fingerprint density at radius 1 is 0.980 bits per heavy atom. The van der Waals surface area contributed by atoms with Gasteiger partial charge in [-0.05, 0) is 75.2 Å². The Bertz CT molecular complexity index is 1950. The van der Waals surface area contributed by atoms with Crippen LogP contribution < -0.4 is 19.7 Å². The smallest absolute Gasteiger partial charge is 0.421 e. The third-order valence-corrected chi connectivity index (χ3v) is 8.65. The van der Waals surface area contributed by atoms with Crippen LogP contribution in [0.1, 0.15) is 34.6 Å². The second-order valence-corrected chi connectivity index (χ2v) is 12.9. The van der Waals surface area contributed by atoms with E-state index in [1.807, 2.05) is 57.2 Å². The highest BCUT2D eigenvalue weighted by Gasteiger charge is 2.23. The van der Waals surface area contributed by atoms with E-state index in [9.17, 15) is 4.79 Å². The van der Waals surface area contributed by atoms with Gasteiger partial charge in [0.1, 0.15) is 11.6 Å². The molecular formula is C38H43FN8O4. The molecule has 51 heavy (non-hydrogen) atoms. The van der Waals surface area contributed by atoms with Gasteiger partial charge in [-0.1, -0.05) is 41.1 Å². The van der Waals surface area contributed by atoms with Gasteiger partial charge in [-0.2, -0.15) is 9.97 Å². The minimum Gasteiger partial charge on any atom is -0.490 e. The lowest BCUT2D eigenvalue weighted by molar-refractivity contribution is 0.145. The zero-order chi connectivity index (χ0) is 35.9. The quantitative estimate of drug-likeness (QED) is 0.138. The Labute approximate surface area is 297 Å². The number of hydrogen-bond acceptors (Lipinski definition) is 11. The molecule has 0 aliphatic carbocycles. The van der Waals surface area contributed by atoms with Gasteiger partial charge in [0.2, 0.25) is 17.7 Å². The molecule has 5 aromatic rings. The fourth-order valence-electron chi connectivity index (χ4n) is 6.04. The summed E-state index contributed by atoms with van der Waals surface area (Å²) in [6.45, 7) is 13.2. The van der Waals surface area contributed by atoms with Crippen LogP contribution in [0, 0.1) is 33.5 Å². The van der Waals surface area contributed by atoms with Gasteiger partial charge in [-0.3, -0.25) is 4.90 Å². The molecule has 0 spiro atoms. The van der Waals surface area contributed by atoms with E-state index in [0.29, 0.717) is 29.8 Å². The van der Waals surface area contributed by atoms with E-state index >= 15 is 4.39 Å². The number of anilines is 3. The average molecular weight is 695 g/mol. The standard InChI is InChI=1S/C38H43FN8O4/c1-25-20-26(2)35(27(3)21-25)50-38(48)47(24-29-8-6-9-30(22-29)36-41-28(4)51-44-36)34-12-13-40-37(43-34)42-31-10-11-33(32(39)23-31)49-19-7-14-46-17-15-45(5)16-18-46/h6,8-13,20-23H,7,14-19,24H2,1-5H3,(H,40,42,43). The van der Waals surface area contributed by atoms with Crippen molar-refractivity contribution < 1.29 is 23.2 Å². The van der Waals surface area contributed by atoms with Crippen LogP contribution in [0.15, 0.2) is 71.4 Å². The summed E-state index contributed by atoms with van der Waals surface area (Å²) in [4.78, 5) is 33.4. The number of nitrogens with zero attached hydrogens (tertiary/aromatic N) is 7. The summed E-state index contributed by atoms with van der Waals surface area (Å²) in [7, 11) is 2.13. The number of piperazine rings is 1. The van der Waals surface area contributed by atoms with Crippen LogP contribution in [0.25, 0.3) is 11.4 Å². The largest absolute Gasteiger partial charge is 0.490 e. The van der Waals surface area contributed by atoms with Crippen molar-refractivity contribution in [2.24, 2.45) is 0 Å². The fraction of sp³-hybridized carbons (Fsp3) is 0.342. The van der Waals surface area contributed by atoms with E-state index in [1.54, 1.807) is 25.1 Å². The van der Waals surface area contributed by atoms with Crippen LogP contribution in [0.5, 0.6) is 11.5 Å². The monoisotopic (exact) mass is 694 g/mol. The molecule has 1 amide bonds. The molecule has 3 aromatic carbocycles. The molecule has 1 aliphatic rings. The highest BCUT2D eigenvalue weighted by molar-refractivity contribution is 5.88. The third-order valence-electron chi connectivity index (χ3n) is 8.65. The lowest BCUT2D eigenvalue weighted by atomic mass is 10.1. The summed E-state index contributed by atoms with van der Waals surface area (Å²) in [5.41, 5.74) is 4.68. The van der Waals surface area contributed by atoms with Crippen molar-refractivity contribution in [3.05, 3.63) is 101 Å². The maximum atomic E-state index is 15.1. The Hall–Kier alpha value is -5.40. The molecular weight excluding hydrogens is 651 g/mol. The number of ether oxygens (including phenoxy) is 2. The van der Waals surface area contributed by atoms with Gasteiger partial charge in [0, 0.05) is 63.2 Å². The van der Waals surface area contributed by atoms with Gasteiger partial charge in [0.05, 0.1) is 13.2 Å². The second-order valence-electron chi connectivity index (χ2n) is 12.9. The molecule has 12 nitrogen and oxygen atoms in total. The zero-order valence-corrected chi connectivity index (χ0v) is 29.6. The molecule has 266 valence electrons. The first-order valence-corrected chi connectivity index (χ1v) is 17.0. The van der Waals surface area contributed by atoms with Crippen molar-refractivity contribution in [1.29, 1.82) is 0 Å². The van der Waals surface area contributed by atoms with Gasteiger partial charge in [0.15, 0.2) is 11.6 Å². The lowest BCUT2D eigenvalue weighted by Crippen LogP contribution is -2.44. The predicted octanol–water partition coefficient (Wildman–Crippen LogP) is 6.86. The number of likely N-dealkylation sites (N-methyl/N-ethyl adjacent to an activating group) is 1. The van der Waals surface area contributed by atoms with E-state index in [4.69, 9.17) is 14.0 Å². The van der Waals surface area contributed by atoms with Crippen molar-refractivity contribution in [1.82, 2.24) is 29.9 Å². The van der Waals surface area contributed by atoms with Gasteiger partial charge in [0.25, 0.3) is 0 Å². The van der Waals surface area contributed by atoms with E-state index in [1.165, 1.54) is 17.2 Å². The van der Waals surface area contributed by atoms with Gasteiger partial charge < -0.3 is 29.1 Å². The van der Waals surface area contributed by atoms with Gasteiger partial charge >= 0.3 is 6.09 Å². The molecule has 2 aromatic heterocycles. The Morgan fingerprint density at radius 2 is 1.76 bits per heavy atom. The van der Waals surface area contributed by atoms with Crippen molar-refractivity contribution in [2.75, 3.05) is 56.6 Å². The van der Waals surface area contributed by atoms with E-state index in [0.717, 1.165) is 67.0 Å². The van der Waals surface area contributed by atoms with Crippen LogP contribution in [0.3, 0.4) is 0 Å². The maximum absolute atomic E-state index is 15.1. The number of nitrogens with one attached hydrogen (secondary N) is 1. The molecule has 1 fully saturated rings. The van der Waals surface area contributed by atoms with Crippen LogP contribution in [0.4, 0.5) is 26.6 Å². The molecule has 0 atom stereocenters.